The average Bonchev–Trinajstić information content (AvgIpc) is 3.16. The zero-order valence-electron chi connectivity index (χ0n) is 16.2. The molecule has 0 unspecified atom stereocenters. The second kappa shape index (κ2) is 7.44. The van der Waals surface area contributed by atoms with Crippen LogP contribution in [0.1, 0.15) is 23.1 Å². The monoisotopic (exact) mass is 373 g/mol. The molecule has 144 valence electrons. The Labute approximate surface area is 166 Å². The number of aromatic nitrogens is 1. The van der Waals surface area contributed by atoms with Crippen molar-refractivity contribution in [2.24, 2.45) is 0 Å². The number of aromatic amines is 1. The summed E-state index contributed by atoms with van der Waals surface area (Å²) < 4.78 is 0. The summed E-state index contributed by atoms with van der Waals surface area (Å²) in [5, 5.41) is 1.16. The van der Waals surface area contributed by atoms with Crippen LogP contribution < -0.4 is 0 Å². The van der Waals surface area contributed by atoms with E-state index < -0.39 is 0 Å². The highest BCUT2D eigenvalue weighted by atomic mass is 16.2. The van der Waals surface area contributed by atoms with Crippen LogP contribution in [-0.2, 0) is 24.1 Å². The highest BCUT2D eigenvalue weighted by Crippen LogP contribution is 2.25. The average molecular weight is 374 g/mol. The molecular formula is C24H27N3O. The Morgan fingerprint density at radius 3 is 2.57 bits per heavy atom. The lowest BCUT2D eigenvalue weighted by Crippen LogP contribution is -2.53. The molecule has 4 heteroatoms. The molecule has 1 amide bonds. The maximum atomic E-state index is 12.8. The van der Waals surface area contributed by atoms with Gasteiger partial charge in [-0.05, 0) is 42.0 Å². The van der Waals surface area contributed by atoms with Gasteiger partial charge in [-0.15, -0.1) is 0 Å². The predicted octanol–water partition coefficient (Wildman–Crippen LogP) is 3.41. The van der Waals surface area contributed by atoms with Crippen molar-refractivity contribution in [3.63, 3.8) is 0 Å². The van der Waals surface area contributed by atoms with Crippen LogP contribution >= 0.6 is 0 Å². The van der Waals surface area contributed by atoms with Crippen molar-refractivity contribution >= 4 is 16.8 Å². The number of fused-ring (bicyclic) bond motifs is 2. The molecular weight excluding hydrogens is 346 g/mol. The molecule has 1 atom stereocenters. The van der Waals surface area contributed by atoms with E-state index in [1.807, 2.05) is 18.3 Å². The van der Waals surface area contributed by atoms with Crippen LogP contribution in [0.15, 0.2) is 54.7 Å². The smallest absolute Gasteiger partial charge is 0.227 e. The van der Waals surface area contributed by atoms with E-state index in [9.17, 15) is 4.79 Å². The fourth-order valence-corrected chi connectivity index (χ4v) is 4.88. The first-order valence-electron chi connectivity index (χ1n) is 10.4. The minimum absolute atomic E-state index is 0.249. The number of para-hydroxylation sites is 1. The van der Waals surface area contributed by atoms with Gasteiger partial charge in [0.2, 0.25) is 5.91 Å². The number of hydrogen-bond acceptors (Lipinski definition) is 2. The molecule has 1 saturated heterocycles. The van der Waals surface area contributed by atoms with E-state index in [1.54, 1.807) is 0 Å². The van der Waals surface area contributed by atoms with Gasteiger partial charge in [0, 0.05) is 49.3 Å². The summed E-state index contributed by atoms with van der Waals surface area (Å²) in [7, 11) is 0. The van der Waals surface area contributed by atoms with Crippen molar-refractivity contribution in [3.8, 4) is 0 Å². The van der Waals surface area contributed by atoms with E-state index >= 15 is 0 Å². The molecule has 3 aromatic rings. The molecule has 5 rings (SSSR count). The molecule has 0 saturated carbocycles. The number of carbonyl (C=O) groups excluding carboxylic acids is 1. The Bertz CT molecular complexity index is 984. The van der Waals surface area contributed by atoms with Crippen molar-refractivity contribution in [1.29, 1.82) is 0 Å². The second-order valence-electron chi connectivity index (χ2n) is 8.12. The molecule has 1 aromatic heterocycles. The molecule has 2 aliphatic rings. The number of amides is 1. The van der Waals surface area contributed by atoms with Gasteiger partial charge in [0.1, 0.15) is 0 Å². The van der Waals surface area contributed by atoms with Crippen LogP contribution in [0, 0.1) is 0 Å². The van der Waals surface area contributed by atoms with Crippen molar-refractivity contribution < 1.29 is 4.79 Å². The summed E-state index contributed by atoms with van der Waals surface area (Å²) in [6, 6.07) is 17.7. The van der Waals surface area contributed by atoms with Crippen molar-refractivity contribution in [2.45, 2.75) is 31.7 Å². The van der Waals surface area contributed by atoms with Crippen molar-refractivity contribution in [3.05, 3.63) is 71.4 Å². The van der Waals surface area contributed by atoms with Crippen molar-refractivity contribution in [1.82, 2.24) is 14.8 Å². The number of benzene rings is 2. The van der Waals surface area contributed by atoms with E-state index in [2.05, 4.69) is 51.2 Å². The molecule has 2 heterocycles. The fourth-order valence-electron chi connectivity index (χ4n) is 4.88. The number of nitrogens with zero attached hydrogens (tertiary/aromatic N) is 2. The topological polar surface area (TPSA) is 39.3 Å². The van der Waals surface area contributed by atoms with Gasteiger partial charge in [0.25, 0.3) is 0 Å². The van der Waals surface area contributed by atoms with E-state index in [-0.39, 0.29) is 5.91 Å². The SMILES string of the molecule is O=C(Cc1c[nH]c2ccccc12)N1CCN([C@@H]2CCc3ccccc3C2)CC1. The Kier molecular flexibility index (Phi) is 4.65. The van der Waals surface area contributed by atoms with Gasteiger partial charge in [-0.1, -0.05) is 42.5 Å². The number of hydrogen-bond donors (Lipinski definition) is 1. The fraction of sp³-hybridized carbons (Fsp3) is 0.375. The van der Waals surface area contributed by atoms with E-state index in [1.165, 1.54) is 24.0 Å². The zero-order valence-corrected chi connectivity index (χ0v) is 16.2. The Hall–Kier alpha value is -2.59. The first-order valence-corrected chi connectivity index (χ1v) is 10.4. The molecule has 4 nitrogen and oxygen atoms in total. The molecule has 2 aromatic carbocycles. The number of H-pyrrole nitrogens is 1. The molecule has 0 spiro atoms. The molecule has 1 aliphatic carbocycles. The predicted molar refractivity (Wildman–Crippen MR) is 112 cm³/mol. The first-order chi connectivity index (χ1) is 13.8. The number of piperazine rings is 1. The molecule has 1 aliphatic heterocycles. The van der Waals surface area contributed by atoms with Gasteiger partial charge in [-0.3, -0.25) is 9.69 Å². The lowest BCUT2D eigenvalue weighted by molar-refractivity contribution is -0.132. The second-order valence-corrected chi connectivity index (χ2v) is 8.12. The summed E-state index contributed by atoms with van der Waals surface area (Å²) in [4.78, 5) is 20.8. The summed E-state index contributed by atoms with van der Waals surface area (Å²) in [5.74, 6) is 0.249. The third-order valence-corrected chi connectivity index (χ3v) is 6.52. The molecule has 0 radical (unpaired) electrons. The van der Waals surface area contributed by atoms with Gasteiger partial charge in [0.15, 0.2) is 0 Å². The van der Waals surface area contributed by atoms with Crippen LogP contribution in [0.3, 0.4) is 0 Å². The van der Waals surface area contributed by atoms with E-state index in [0.717, 1.165) is 49.1 Å². The third-order valence-electron chi connectivity index (χ3n) is 6.52. The van der Waals surface area contributed by atoms with Gasteiger partial charge >= 0.3 is 0 Å². The minimum Gasteiger partial charge on any atom is -0.361 e. The van der Waals surface area contributed by atoms with E-state index in [0.29, 0.717) is 12.5 Å². The normalized spacial score (nSPS) is 20.3. The lowest BCUT2D eigenvalue weighted by Gasteiger charge is -2.41. The quantitative estimate of drug-likeness (QED) is 0.764. The highest BCUT2D eigenvalue weighted by Gasteiger charge is 2.28. The minimum atomic E-state index is 0.249. The van der Waals surface area contributed by atoms with Crippen LogP contribution in [0.4, 0.5) is 0 Å². The van der Waals surface area contributed by atoms with Crippen LogP contribution in [-0.4, -0.2) is 52.9 Å². The Balaban J connectivity index is 1.19. The molecule has 28 heavy (non-hydrogen) atoms. The summed E-state index contributed by atoms with van der Waals surface area (Å²) >= 11 is 0. The maximum absolute atomic E-state index is 12.8. The van der Waals surface area contributed by atoms with Crippen LogP contribution in [0.5, 0.6) is 0 Å². The first kappa shape index (κ1) is 17.5. The van der Waals surface area contributed by atoms with Gasteiger partial charge < -0.3 is 9.88 Å². The Morgan fingerprint density at radius 2 is 1.71 bits per heavy atom. The summed E-state index contributed by atoms with van der Waals surface area (Å²) in [6.07, 6.45) is 6.04. The number of carbonyl (C=O) groups is 1. The van der Waals surface area contributed by atoms with Gasteiger partial charge in [0.05, 0.1) is 6.42 Å². The number of rotatable bonds is 3. The molecule has 1 fully saturated rings. The largest absolute Gasteiger partial charge is 0.361 e. The number of nitrogens with one attached hydrogen (secondary N) is 1. The maximum Gasteiger partial charge on any atom is 0.227 e. The zero-order chi connectivity index (χ0) is 18.9. The number of aryl methyl sites for hydroxylation is 1. The molecule has 1 N–H and O–H groups in total. The van der Waals surface area contributed by atoms with Crippen LogP contribution in [0.2, 0.25) is 0 Å². The Morgan fingerprint density at radius 1 is 0.964 bits per heavy atom. The highest BCUT2D eigenvalue weighted by molar-refractivity contribution is 5.88. The summed E-state index contributed by atoms with van der Waals surface area (Å²) in [5.41, 5.74) is 5.24. The standard InChI is InChI=1S/C24H27N3O/c28-24(16-20-17-25-23-8-4-3-7-22(20)23)27-13-11-26(12-14-27)21-10-9-18-5-1-2-6-19(18)15-21/h1-8,17,21,25H,9-16H2/t21-/m1/s1. The van der Waals surface area contributed by atoms with Crippen LogP contribution in [0.25, 0.3) is 10.9 Å². The third kappa shape index (κ3) is 3.33. The van der Waals surface area contributed by atoms with Gasteiger partial charge in [-0.25, -0.2) is 0 Å². The molecule has 0 bridgehead atoms. The van der Waals surface area contributed by atoms with E-state index in [4.69, 9.17) is 0 Å². The van der Waals surface area contributed by atoms with Gasteiger partial charge in [-0.2, -0.15) is 0 Å². The van der Waals surface area contributed by atoms with Crippen molar-refractivity contribution in [2.75, 3.05) is 26.2 Å². The summed E-state index contributed by atoms with van der Waals surface area (Å²) in [6.45, 7) is 3.68. The lowest BCUT2D eigenvalue weighted by atomic mass is 9.87.